The summed E-state index contributed by atoms with van der Waals surface area (Å²) in [5.41, 5.74) is 3.59. The van der Waals surface area contributed by atoms with Gasteiger partial charge in [0.25, 0.3) is 0 Å². The summed E-state index contributed by atoms with van der Waals surface area (Å²) >= 11 is 0. The Morgan fingerprint density at radius 3 is 2.37 bits per heavy atom. The molecule has 0 spiro atoms. The summed E-state index contributed by atoms with van der Waals surface area (Å²) in [6.07, 6.45) is 1.97. The molecule has 142 valence electrons. The first kappa shape index (κ1) is 19.0. The van der Waals surface area contributed by atoms with Gasteiger partial charge in [-0.25, -0.2) is 9.97 Å². The molecule has 0 aliphatic rings. The molecule has 1 aromatic carbocycles. The van der Waals surface area contributed by atoms with Crippen molar-refractivity contribution in [1.29, 1.82) is 0 Å². The molecular formula is C21H25N3O3. The lowest BCUT2D eigenvalue weighted by molar-refractivity contribution is 0.0555. The fourth-order valence-corrected chi connectivity index (χ4v) is 2.85. The predicted octanol–water partition coefficient (Wildman–Crippen LogP) is 4.12. The van der Waals surface area contributed by atoms with Crippen LogP contribution in [0.3, 0.4) is 0 Å². The zero-order valence-electron chi connectivity index (χ0n) is 16.4. The number of benzene rings is 1. The first-order valence-corrected chi connectivity index (χ1v) is 9.01. The third kappa shape index (κ3) is 4.71. The molecule has 0 atom stereocenters. The van der Waals surface area contributed by atoms with Crippen molar-refractivity contribution in [3.8, 4) is 22.9 Å². The van der Waals surface area contributed by atoms with E-state index in [1.165, 1.54) is 0 Å². The van der Waals surface area contributed by atoms with E-state index in [0.717, 1.165) is 27.9 Å². The Kier molecular flexibility index (Phi) is 5.86. The van der Waals surface area contributed by atoms with Gasteiger partial charge in [0.15, 0.2) is 5.82 Å². The third-order valence-corrected chi connectivity index (χ3v) is 4.00. The Balaban J connectivity index is 1.95. The van der Waals surface area contributed by atoms with E-state index in [1.807, 2.05) is 52.0 Å². The van der Waals surface area contributed by atoms with Crippen LogP contribution in [0.5, 0.6) is 11.5 Å². The number of fused-ring (bicyclic) bond motifs is 1. The number of ether oxygens (including phenoxy) is 3. The normalized spacial score (nSPS) is 11.2. The lowest BCUT2D eigenvalue weighted by atomic mass is 10.1. The fourth-order valence-electron chi connectivity index (χ4n) is 2.85. The second-order valence-electron chi connectivity index (χ2n) is 6.66. The van der Waals surface area contributed by atoms with Crippen molar-refractivity contribution in [3.05, 3.63) is 41.9 Å². The van der Waals surface area contributed by atoms with Crippen LogP contribution in [0.15, 0.2) is 30.5 Å². The van der Waals surface area contributed by atoms with Crippen LogP contribution in [0.1, 0.15) is 25.2 Å². The molecule has 0 aliphatic carbocycles. The minimum atomic E-state index is 0.175. The Labute approximate surface area is 159 Å². The quantitative estimate of drug-likeness (QED) is 0.585. The fraction of sp³-hybridized carbons (Fsp3) is 0.381. The van der Waals surface area contributed by atoms with Crippen molar-refractivity contribution in [3.63, 3.8) is 0 Å². The van der Waals surface area contributed by atoms with Crippen LogP contribution >= 0.6 is 0 Å². The molecule has 0 saturated heterocycles. The van der Waals surface area contributed by atoms with E-state index in [4.69, 9.17) is 19.2 Å². The topological polar surface area (TPSA) is 66.4 Å². The summed E-state index contributed by atoms with van der Waals surface area (Å²) in [5.74, 6) is 2.03. The molecule has 0 unspecified atom stereocenters. The first-order chi connectivity index (χ1) is 13.0. The molecule has 0 bridgehead atoms. The Bertz CT molecular complexity index is 921. The average molecular weight is 367 g/mol. The highest BCUT2D eigenvalue weighted by Crippen LogP contribution is 2.31. The Morgan fingerprint density at radius 1 is 0.963 bits per heavy atom. The van der Waals surface area contributed by atoms with E-state index in [-0.39, 0.29) is 6.10 Å². The molecule has 6 nitrogen and oxygen atoms in total. The minimum Gasteiger partial charge on any atom is -0.497 e. The zero-order chi connectivity index (χ0) is 19.4. The molecule has 2 aromatic heterocycles. The van der Waals surface area contributed by atoms with E-state index in [9.17, 15) is 0 Å². The van der Waals surface area contributed by atoms with Crippen molar-refractivity contribution in [2.24, 2.45) is 0 Å². The standard InChI is InChI=1S/C21H25N3O3/c1-13(2)26-6-7-27-20-11-17(25-5)10-19-18(20)12-22-21(24-19)16-8-14(3)23-15(4)9-16/h8-13H,6-7H2,1-5H3. The summed E-state index contributed by atoms with van der Waals surface area (Å²) in [4.78, 5) is 13.7. The average Bonchev–Trinajstić information content (AvgIpc) is 2.63. The van der Waals surface area contributed by atoms with Crippen LogP contribution in [-0.2, 0) is 4.74 Å². The SMILES string of the molecule is COc1cc(OCCOC(C)C)c2cnc(-c3cc(C)nc(C)c3)nc2c1. The highest BCUT2D eigenvalue weighted by molar-refractivity contribution is 5.87. The van der Waals surface area contributed by atoms with Crippen molar-refractivity contribution in [1.82, 2.24) is 15.0 Å². The maximum absolute atomic E-state index is 5.90. The second-order valence-corrected chi connectivity index (χ2v) is 6.66. The largest absolute Gasteiger partial charge is 0.497 e. The molecule has 0 amide bonds. The molecule has 27 heavy (non-hydrogen) atoms. The number of hydrogen-bond acceptors (Lipinski definition) is 6. The maximum Gasteiger partial charge on any atom is 0.159 e. The highest BCUT2D eigenvalue weighted by atomic mass is 16.5. The summed E-state index contributed by atoms with van der Waals surface area (Å²) in [5, 5.41) is 0.839. The van der Waals surface area contributed by atoms with Crippen molar-refractivity contribution in [2.75, 3.05) is 20.3 Å². The number of pyridine rings is 1. The summed E-state index contributed by atoms with van der Waals surface area (Å²) in [7, 11) is 1.63. The van der Waals surface area contributed by atoms with Crippen LogP contribution in [0.4, 0.5) is 0 Å². The molecule has 0 N–H and O–H groups in total. The first-order valence-electron chi connectivity index (χ1n) is 9.01. The number of rotatable bonds is 7. The van der Waals surface area contributed by atoms with Crippen LogP contribution in [0.2, 0.25) is 0 Å². The highest BCUT2D eigenvalue weighted by Gasteiger charge is 2.11. The van der Waals surface area contributed by atoms with Gasteiger partial charge in [-0.3, -0.25) is 4.98 Å². The van der Waals surface area contributed by atoms with Gasteiger partial charge in [-0.15, -0.1) is 0 Å². The lowest BCUT2D eigenvalue weighted by Gasteiger charge is -2.13. The molecule has 0 aliphatic heterocycles. The van der Waals surface area contributed by atoms with E-state index in [0.29, 0.717) is 30.5 Å². The van der Waals surface area contributed by atoms with Crippen molar-refractivity contribution < 1.29 is 14.2 Å². The van der Waals surface area contributed by atoms with E-state index < -0.39 is 0 Å². The zero-order valence-corrected chi connectivity index (χ0v) is 16.4. The van der Waals surface area contributed by atoms with Gasteiger partial charge in [0.2, 0.25) is 0 Å². The van der Waals surface area contributed by atoms with Gasteiger partial charge in [-0.1, -0.05) is 0 Å². The van der Waals surface area contributed by atoms with Gasteiger partial charge >= 0.3 is 0 Å². The summed E-state index contributed by atoms with van der Waals surface area (Å²) in [6.45, 7) is 8.89. The van der Waals surface area contributed by atoms with Crippen molar-refractivity contribution in [2.45, 2.75) is 33.8 Å². The van der Waals surface area contributed by atoms with E-state index >= 15 is 0 Å². The van der Waals surface area contributed by atoms with Gasteiger partial charge in [0.05, 0.1) is 30.7 Å². The Hall–Kier alpha value is -2.73. The molecule has 0 fully saturated rings. The monoisotopic (exact) mass is 367 g/mol. The maximum atomic E-state index is 5.90. The number of nitrogens with zero attached hydrogens (tertiary/aromatic N) is 3. The summed E-state index contributed by atoms with van der Waals surface area (Å²) < 4.78 is 16.8. The molecule has 0 radical (unpaired) electrons. The molecule has 3 aromatic rings. The number of aryl methyl sites for hydroxylation is 2. The van der Waals surface area contributed by atoms with E-state index in [2.05, 4.69) is 9.97 Å². The smallest absolute Gasteiger partial charge is 0.159 e. The van der Waals surface area contributed by atoms with Gasteiger partial charge in [-0.05, 0) is 39.8 Å². The second kappa shape index (κ2) is 8.31. The Morgan fingerprint density at radius 2 is 1.70 bits per heavy atom. The van der Waals surface area contributed by atoms with Crippen molar-refractivity contribution >= 4 is 10.9 Å². The molecule has 2 heterocycles. The van der Waals surface area contributed by atoms with Crippen LogP contribution in [-0.4, -0.2) is 41.4 Å². The van der Waals surface area contributed by atoms with Crippen LogP contribution < -0.4 is 9.47 Å². The molecule has 0 saturated carbocycles. The van der Waals surface area contributed by atoms with Crippen LogP contribution in [0, 0.1) is 13.8 Å². The molecule has 3 rings (SSSR count). The lowest BCUT2D eigenvalue weighted by Crippen LogP contribution is -2.11. The summed E-state index contributed by atoms with van der Waals surface area (Å²) in [6, 6.07) is 7.70. The molecular weight excluding hydrogens is 342 g/mol. The van der Waals surface area contributed by atoms with Gasteiger partial charge in [0, 0.05) is 35.3 Å². The van der Waals surface area contributed by atoms with Gasteiger partial charge in [-0.2, -0.15) is 0 Å². The van der Waals surface area contributed by atoms with E-state index in [1.54, 1.807) is 13.3 Å². The van der Waals surface area contributed by atoms with Gasteiger partial charge in [0.1, 0.15) is 18.1 Å². The minimum absolute atomic E-state index is 0.175. The van der Waals surface area contributed by atoms with Gasteiger partial charge < -0.3 is 14.2 Å². The third-order valence-electron chi connectivity index (χ3n) is 4.00. The molecule has 6 heteroatoms. The predicted molar refractivity (Wildman–Crippen MR) is 105 cm³/mol. The number of hydrogen-bond donors (Lipinski definition) is 0. The number of methoxy groups -OCH3 is 1. The number of aromatic nitrogens is 3. The van der Waals surface area contributed by atoms with Crippen LogP contribution in [0.25, 0.3) is 22.3 Å².